The number of carbonyl (C=O) groups is 1. The quantitative estimate of drug-likeness (QED) is 0.490. The highest BCUT2D eigenvalue weighted by Crippen LogP contribution is 2.23. The third-order valence-corrected chi connectivity index (χ3v) is 4.23. The number of benzene rings is 2. The van der Waals surface area contributed by atoms with Gasteiger partial charge in [0.2, 0.25) is 0 Å². The zero-order valence-corrected chi connectivity index (χ0v) is 15.6. The van der Waals surface area contributed by atoms with E-state index in [9.17, 15) is 15.2 Å². The molecule has 0 bridgehead atoms. The van der Waals surface area contributed by atoms with Gasteiger partial charge >= 0.3 is 0 Å². The van der Waals surface area contributed by atoms with Gasteiger partial charge in [-0.2, -0.15) is 5.26 Å². The summed E-state index contributed by atoms with van der Waals surface area (Å²) in [5.74, 6) is -0.582. The number of hydrogen-bond donors (Lipinski definition) is 3. The second kappa shape index (κ2) is 9.72. The lowest BCUT2D eigenvalue weighted by Gasteiger charge is -2.18. The van der Waals surface area contributed by atoms with E-state index in [4.69, 9.17) is 5.11 Å². The van der Waals surface area contributed by atoms with Crippen LogP contribution in [0.3, 0.4) is 0 Å². The smallest absolute Gasteiger partial charge is 0.262 e. The molecule has 6 nitrogen and oxygen atoms in total. The number of nitrogens with zero attached hydrogens (tertiary/aromatic N) is 2. The zero-order chi connectivity index (χ0) is 19.8. The molecule has 0 spiro atoms. The summed E-state index contributed by atoms with van der Waals surface area (Å²) in [6.45, 7) is 2.56. The molecule has 1 amide bonds. The molecule has 0 radical (unpaired) electrons. The third kappa shape index (κ3) is 5.55. The van der Waals surface area contributed by atoms with E-state index in [2.05, 4.69) is 36.3 Å². The van der Waals surface area contributed by atoms with Crippen LogP contribution in [0.1, 0.15) is 18.9 Å². The normalized spacial score (nSPS) is 12.5. The molecule has 27 heavy (non-hydrogen) atoms. The number of amides is 1. The van der Waals surface area contributed by atoms with Crippen molar-refractivity contribution in [3.8, 4) is 6.07 Å². The van der Waals surface area contributed by atoms with E-state index < -0.39 is 18.6 Å². The largest absolute Gasteiger partial charge is 0.394 e. The van der Waals surface area contributed by atoms with Gasteiger partial charge in [0.25, 0.3) is 5.91 Å². The van der Waals surface area contributed by atoms with Crippen LogP contribution < -0.4 is 10.2 Å². The molecule has 0 fully saturated rings. The number of anilines is 1. The lowest BCUT2D eigenvalue weighted by molar-refractivity contribution is -0.117. The maximum absolute atomic E-state index is 12.0. The standard InChI is InChI=1S/C21H25N3O3/c1-3-8-24(2)19-7-6-16-9-15(4-5-17(16)11-19)10-18(12-22)21(27)23-13-20(26)14-25/h4-7,9-11,20,25-26H,3,8,13-14H2,1-2H3,(H,23,27)/b18-10+. The van der Waals surface area contributed by atoms with Gasteiger partial charge in [-0.05, 0) is 47.0 Å². The Morgan fingerprint density at radius 3 is 2.67 bits per heavy atom. The number of aliphatic hydroxyl groups is 2. The van der Waals surface area contributed by atoms with E-state index >= 15 is 0 Å². The van der Waals surface area contributed by atoms with Crippen LogP contribution in [-0.2, 0) is 4.79 Å². The van der Waals surface area contributed by atoms with Gasteiger partial charge in [0.05, 0.1) is 12.7 Å². The summed E-state index contributed by atoms with van der Waals surface area (Å²) in [5.41, 5.74) is 1.83. The first-order valence-corrected chi connectivity index (χ1v) is 8.92. The highest BCUT2D eigenvalue weighted by atomic mass is 16.3. The minimum absolute atomic E-state index is 0.0567. The van der Waals surface area contributed by atoms with Crippen molar-refractivity contribution in [1.29, 1.82) is 5.26 Å². The molecule has 1 atom stereocenters. The van der Waals surface area contributed by atoms with E-state index in [-0.39, 0.29) is 12.1 Å². The summed E-state index contributed by atoms with van der Waals surface area (Å²) in [6.07, 6.45) is 1.54. The predicted octanol–water partition coefficient (Wildman–Crippen LogP) is 2.06. The highest BCUT2D eigenvalue weighted by Gasteiger charge is 2.11. The fraction of sp³-hybridized carbons (Fsp3) is 0.333. The molecule has 0 saturated carbocycles. The van der Waals surface area contributed by atoms with Gasteiger partial charge in [-0.1, -0.05) is 25.1 Å². The van der Waals surface area contributed by atoms with Gasteiger partial charge in [-0.25, -0.2) is 0 Å². The van der Waals surface area contributed by atoms with Crippen LogP contribution in [0, 0.1) is 11.3 Å². The molecule has 0 aliphatic carbocycles. The summed E-state index contributed by atoms with van der Waals surface area (Å²) in [7, 11) is 2.06. The number of hydrogen-bond acceptors (Lipinski definition) is 5. The number of rotatable bonds is 8. The third-order valence-electron chi connectivity index (χ3n) is 4.23. The Kier molecular flexibility index (Phi) is 7.35. The molecule has 0 aliphatic heterocycles. The van der Waals surface area contributed by atoms with Crippen LogP contribution in [0.25, 0.3) is 16.8 Å². The summed E-state index contributed by atoms with van der Waals surface area (Å²) >= 11 is 0. The van der Waals surface area contributed by atoms with Crippen molar-refractivity contribution >= 4 is 28.4 Å². The molecule has 6 heteroatoms. The molecule has 0 heterocycles. The predicted molar refractivity (Wildman–Crippen MR) is 107 cm³/mol. The molecule has 2 rings (SSSR count). The number of aliphatic hydroxyl groups excluding tert-OH is 2. The van der Waals surface area contributed by atoms with Crippen molar-refractivity contribution < 1.29 is 15.0 Å². The minimum Gasteiger partial charge on any atom is -0.394 e. The first-order valence-electron chi connectivity index (χ1n) is 8.92. The maximum Gasteiger partial charge on any atom is 0.262 e. The average molecular weight is 367 g/mol. The van der Waals surface area contributed by atoms with Gasteiger partial charge < -0.3 is 20.4 Å². The number of carbonyl (C=O) groups excluding carboxylic acids is 1. The Morgan fingerprint density at radius 2 is 2.00 bits per heavy atom. The Hall–Kier alpha value is -2.88. The molecule has 0 aromatic heterocycles. The first-order chi connectivity index (χ1) is 13.0. The van der Waals surface area contributed by atoms with E-state index in [1.807, 2.05) is 30.3 Å². The van der Waals surface area contributed by atoms with Crippen LogP contribution in [0.5, 0.6) is 0 Å². The lowest BCUT2D eigenvalue weighted by Crippen LogP contribution is -2.34. The van der Waals surface area contributed by atoms with E-state index in [0.29, 0.717) is 0 Å². The molecule has 0 saturated heterocycles. The van der Waals surface area contributed by atoms with E-state index in [1.165, 1.54) is 6.08 Å². The molecule has 1 unspecified atom stereocenters. The summed E-state index contributed by atoms with van der Waals surface area (Å²) in [4.78, 5) is 14.2. The van der Waals surface area contributed by atoms with E-state index in [0.717, 1.165) is 35.0 Å². The number of nitriles is 1. The Labute approximate surface area is 159 Å². The molecule has 2 aromatic carbocycles. The average Bonchev–Trinajstić information content (AvgIpc) is 2.69. The highest BCUT2D eigenvalue weighted by molar-refractivity contribution is 6.02. The lowest BCUT2D eigenvalue weighted by atomic mass is 10.0. The number of nitrogens with one attached hydrogen (secondary N) is 1. The fourth-order valence-electron chi connectivity index (χ4n) is 2.73. The van der Waals surface area contributed by atoms with Crippen molar-refractivity contribution in [2.24, 2.45) is 0 Å². The van der Waals surface area contributed by atoms with Gasteiger partial charge in [0.1, 0.15) is 11.6 Å². The first kappa shape index (κ1) is 20.4. The molecule has 0 aliphatic rings. The zero-order valence-electron chi connectivity index (χ0n) is 15.6. The van der Waals surface area contributed by atoms with Crippen LogP contribution >= 0.6 is 0 Å². The van der Waals surface area contributed by atoms with Crippen LogP contribution in [0.2, 0.25) is 0 Å². The molecule has 2 aromatic rings. The second-order valence-corrected chi connectivity index (χ2v) is 6.43. The molecule has 3 N–H and O–H groups in total. The molecular weight excluding hydrogens is 342 g/mol. The van der Waals surface area contributed by atoms with Crippen LogP contribution in [0.15, 0.2) is 42.0 Å². The molecular formula is C21H25N3O3. The Morgan fingerprint density at radius 1 is 1.30 bits per heavy atom. The van der Waals surface area contributed by atoms with Crippen molar-refractivity contribution in [3.05, 3.63) is 47.5 Å². The minimum atomic E-state index is -1.05. The second-order valence-electron chi connectivity index (χ2n) is 6.43. The SMILES string of the molecule is CCCN(C)c1ccc2cc(/C=C(\C#N)C(=O)NCC(O)CO)ccc2c1. The maximum atomic E-state index is 12.0. The summed E-state index contributed by atoms with van der Waals surface area (Å²) in [5, 5.41) is 31.9. The van der Waals surface area contributed by atoms with Crippen LogP contribution in [0.4, 0.5) is 5.69 Å². The Bertz CT molecular complexity index is 871. The topological polar surface area (TPSA) is 96.6 Å². The van der Waals surface area contributed by atoms with Crippen molar-refractivity contribution in [1.82, 2.24) is 5.32 Å². The van der Waals surface area contributed by atoms with Gasteiger partial charge in [0.15, 0.2) is 0 Å². The van der Waals surface area contributed by atoms with Crippen molar-refractivity contribution in [2.75, 3.05) is 31.6 Å². The number of fused-ring (bicyclic) bond motifs is 1. The van der Waals surface area contributed by atoms with Gasteiger partial charge in [-0.15, -0.1) is 0 Å². The van der Waals surface area contributed by atoms with Gasteiger partial charge in [-0.3, -0.25) is 4.79 Å². The summed E-state index contributed by atoms with van der Waals surface area (Å²) in [6, 6.07) is 13.8. The monoisotopic (exact) mass is 367 g/mol. The molecule has 142 valence electrons. The summed E-state index contributed by atoms with van der Waals surface area (Å²) < 4.78 is 0. The van der Waals surface area contributed by atoms with Crippen molar-refractivity contribution in [3.63, 3.8) is 0 Å². The van der Waals surface area contributed by atoms with Crippen molar-refractivity contribution in [2.45, 2.75) is 19.4 Å². The Balaban J connectivity index is 2.22. The van der Waals surface area contributed by atoms with Gasteiger partial charge in [0, 0.05) is 25.8 Å². The van der Waals surface area contributed by atoms with E-state index in [1.54, 1.807) is 0 Å². The fourth-order valence-corrected chi connectivity index (χ4v) is 2.73. The van der Waals surface area contributed by atoms with Crippen LogP contribution in [-0.4, -0.2) is 49.0 Å².